The fourth-order valence-corrected chi connectivity index (χ4v) is 6.72. The number of hydrogen-bond donors (Lipinski definition) is 2. The van der Waals surface area contributed by atoms with E-state index >= 15 is 4.39 Å². The number of benzene rings is 3. The van der Waals surface area contributed by atoms with E-state index < -0.39 is 17.2 Å². The van der Waals surface area contributed by atoms with Crippen molar-refractivity contribution >= 4 is 39.2 Å². The van der Waals surface area contributed by atoms with Gasteiger partial charge in [-0.25, -0.2) is 4.39 Å². The molecule has 2 amide bonds. The van der Waals surface area contributed by atoms with Crippen LogP contribution in [0.2, 0.25) is 0 Å². The summed E-state index contributed by atoms with van der Waals surface area (Å²) < 4.78 is 23.9. The first-order valence-electron chi connectivity index (χ1n) is 16.2. The van der Waals surface area contributed by atoms with Gasteiger partial charge in [0.1, 0.15) is 16.8 Å². The largest absolute Gasteiger partial charge is 0.451 e. The molecule has 11 heteroatoms. The third-order valence-corrected chi connectivity index (χ3v) is 9.39. The molecule has 46 heavy (non-hydrogen) atoms. The maximum atomic E-state index is 15.9. The van der Waals surface area contributed by atoms with Gasteiger partial charge in [0.2, 0.25) is 11.3 Å². The van der Waals surface area contributed by atoms with E-state index in [4.69, 9.17) is 4.74 Å². The number of carbonyl (C=O) groups is 2. The van der Waals surface area contributed by atoms with Gasteiger partial charge in [0, 0.05) is 51.9 Å². The second-order valence-corrected chi connectivity index (χ2v) is 12.6. The van der Waals surface area contributed by atoms with Gasteiger partial charge < -0.3 is 34.6 Å². The predicted molar refractivity (Wildman–Crippen MR) is 177 cm³/mol. The number of pyridine rings is 1. The van der Waals surface area contributed by atoms with Crippen molar-refractivity contribution in [2.24, 2.45) is 0 Å². The number of ether oxygens (including phenoxy) is 1. The Morgan fingerprint density at radius 1 is 0.935 bits per heavy atom. The van der Waals surface area contributed by atoms with Crippen molar-refractivity contribution < 1.29 is 18.7 Å². The number of likely N-dealkylation sites (N-methyl/N-ethyl adjacent to an activating group) is 1. The Morgan fingerprint density at radius 3 is 2.41 bits per heavy atom. The lowest BCUT2D eigenvalue weighted by atomic mass is 10.0. The zero-order valence-corrected chi connectivity index (χ0v) is 26.1. The van der Waals surface area contributed by atoms with E-state index in [2.05, 4.69) is 32.4 Å². The Labute approximate surface area is 266 Å². The van der Waals surface area contributed by atoms with Crippen molar-refractivity contribution in [3.63, 3.8) is 0 Å². The molecular formula is C35H39FN6O4. The van der Waals surface area contributed by atoms with E-state index in [1.807, 2.05) is 36.4 Å². The Morgan fingerprint density at radius 2 is 1.65 bits per heavy atom. The van der Waals surface area contributed by atoms with Crippen LogP contribution < -0.4 is 20.8 Å². The minimum absolute atomic E-state index is 0.00598. The number of rotatable bonds is 9. The summed E-state index contributed by atoms with van der Waals surface area (Å²) in [6.45, 7) is 7.78. The Bertz CT molecular complexity index is 1880. The van der Waals surface area contributed by atoms with E-state index in [0.717, 1.165) is 81.9 Å². The van der Waals surface area contributed by atoms with Crippen LogP contribution in [0.3, 0.4) is 0 Å². The number of halogens is 1. The number of amides is 2. The van der Waals surface area contributed by atoms with Crippen LogP contribution in [0.15, 0.2) is 53.5 Å². The number of piperazine rings is 1. The van der Waals surface area contributed by atoms with Gasteiger partial charge in [0.05, 0.1) is 11.1 Å². The van der Waals surface area contributed by atoms with Crippen LogP contribution in [-0.4, -0.2) is 97.0 Å². The predicted octanol–water partition coefficient (Wildman–Crippen LogP) is 4.18. The number of carbonyl (C=O) groups excluding carboxylic acids is 2. The van der Waals surface area contributed by atoms with Gasteiger partial charge in [0.25, 0.3) is 5.91 Å². The van der Waals surface area contributed by atoms with Crippen LogP contribution in [0, 0.1) is 5.82 Å². The standard InChI is InChI=1S/C35H39FN6O4/c1-39-15-17-41(18-16-39)13-6-10-37-35(45)26-22-42-28-19-23-7-2-3-8-24(23)20-29(28)46-34-31(27(36)21-25(32(34)42)33(26)44)38-30(43)9-14-40-11-4-5-12-40/h2-3,7-8,19-22H,4-6,9-18H2,1H3,(H,37,45)(H,38,43). The molecule has 3 aliphatic rings. The molecule has 4 aromatic rings. The molecule has 2 saturated heterocycles. The summed E-state index contributed by atoms with van der Waals surface area (Å²) in [6.07, 6.45) is 4.69. The molecule has 0 unspecified atom stereocenters. The summed E-state index contributed by atoms with van der Waals surface area (Å²) in [6, 6.07) is 12.6. The van der Waals surface area contributed by atoms with Crippen molar-refractivity contribution in [3.05, 3.63) is 70.3 Å². The summed E-state index contributed by atoms with van der Waals surface area (Å²) in [4.78, 5) is 47.1. The van der Waals surface area contributed by atoms with Crippen LogP contribution in [0.1, 0.15) is 36.0 Å². The molecule has 3 aliphatic heterocycles. The van der Waals surface area contributed by atoms with Crippen LogP contribution >= 0.6 is 0 Å². The monoisotopic (exact) mass is 626 g/mol. The first kappa shape index (κ1) is 30.3. The number of hydrogen-bond acceptors (Lipinski definition) is 7. The highest BCUT2D eigenvalue weighted by Gasteiger charge is 2.30. The number of fused-ring (bicyclic) bond motifs is 3. The number of nitrogens with zero attached hydrogens (tertiary/aromatic N) is 4. The Balaban J connectivity index is 1.22. The molecule has 0 radical (unpaired) electrons. The molecule has 0 aliphatic carbocycles. The smallest absolute Gasteiger partial charge is 0.256 e. The fourth-order valence-electron chi connectivity index (χ4n) is 6.72. The van der Waals surface area contributed by atoms with E-state index in [1.54, 1.807) is 4.57 Å². The number of aromatic nitrogens is 1. The van der Waals surface area contributed by atoms with Crippen molar-refractivity contribution in [1.29, 1.82) is 0 Å². The lowest BCUT2D eigenvalue weighted by Gasteiger charge is -2.32. The van der Waals surface area contributed by atoms with Gasteiger partial charge in [-0.05, 0) is 74.9 Å². The van der Waals surface area contributed by atoms with E-state index in [0.29, 0.717) is 30.0 Å². The van der Waals surface area contributed by atoms with Crippen LogP contribution in [0.5, 0.6) is 11.5 Å². The molecule has 1 aromatic heterocycles. The maximum Gasteiger partial charge on any atom is 0.256 e. The first-order chi connectivity index (χ1) is 22.4. The highest BCUT2D eigenvalue weighted by Crippen LogP contribution is 2.46. The molecule has 0 spiro atoms. The summed E-state index contributed by atoms with van der Waals surface area (Å²) in [5.74, 6) is -1.18. The zero-order chi connectivity index (χ0) is 31.8. The van der Waals surface area contributed by atoms with Crippen molar-refractivity contribution in [2.75, 3.05) is 71.3 Å². The first-order valence-corrected chi connectivity index (χ1v) is 16.2. The average molecular weight is 627 g/mol. The van der Waals surface area contributed by atoms with Crippen molar-refractivity contribution in [3.8, 4) is 17.2 Å². The molecule has 10 nitrogen and oxygen atoms in total. The fraction of sp³-hybridized carbons (Fsp3) is 0.400. The van der Waals surface area contributed by atoms with Gasteiger partial charge in [-0.1, -0.05) is 24.3 Å². The highest BCUT2D eigenvalue weighted by atomic mass is 19.1. The van der Waals surface area contributed by atoms with Gasteiger partial charge in [-0.3, -0.25) is 14.4 Å². The normalized spacial score (nSPS) is 16.8. The van der Waals surface area contributed by atoms with Crippen LogP contribution in [-0.2, 0) is 4.79 Å². The molecular weight excluding hydrogens is 587 g/mol. The molecule has 4 heterocycles. The van der Waals surface area contributed by atoms with Gasteiger partial charge in [-0.15, -0.1) is 0 Å². The molecule has 7 rings (SSSR count). The third-order valence-electron chi connectivity index (χ3n) is 9.39. The van der Waals surface area contributed by atoms with Gasteiger partial charge >= 0.3 is 0 Å². The van der Waals surface area contributed by atoms with E-state index in [-0.39, 0.29) is 34.7 Å². The summed E-state index contributed by atoms with van der Waals surface area (Å²) >= 11 is 0. The Kier molecular flexibility index (Phi) is 8.46. The van der Waals surface area contributed by atoms with Gasteiger partial charge in [-0.2, -0.15) is 0 Å². The molecule has 0 atom stereocenters. The number of nitrogens with one attached hydrogen (secondary N) is 2. The average Bonchev–Trinajstić information content (AvgIpc) is 3.58. The summed E-state index contributed by atoms with van der Waals surface area (Å²) in [5, 5.41) is 7.49. The van der Waals surface area contributed by atoms with E-state index in [1.165, 1.54) is 6.20 Å². The second kappa shape index (κ2) is 12.8. The zero-order valence-electron chi connectivity index (χ0n) is 26.1. The lowest BCUT2D eigenvalue weighted by Crippen LogP contribution is -2.45. The number of anilines is 1. The minimum Gasteiger partial charge on any atom is -0.451 e. The van der Waals surface area contributed by atoms with E-state index in [9.17, 15) is 14.4 Å². The minimum atomic E-state index is -0.797. The summed E-state index contributed by atoms with van der Waals surface area (Å²) in [7, 11) is 2.11. The molecule has 240 valence electrons. The van der Waals surface area contributed by atoms with Crippen LogP contribution in [0.25, 0.3) is 27.4 Å². The number of likely N-dealkylation sites (tertiary alicyclic amines) is 1. The van der Waals surface area contributed by atoms with Crippen molar-refractivity contribution in [1.82, 2.24) is 24.6 Å². The summed E-state index contributed by atoms with van der Waals surface area (Å²) in [5.41, 5.74) is 0.115. The molecule has 2 N–H and O–H groups in total. The Hall–Kier alpha value is -4.32. The molecule has 0 bridgehead atoms. The molecule has 3 aromatic carbocycles. The SMILES string of the molecule is CN1CCN(CCCNC(=O)c2cn3c4c(c(NC(=O)CCN5CCCC5)c(F)cc4c2=O)Oc2cc4ccccc4cc2-3)CC1. The third kappa shape index (κ3) is 5.97. The highest BCUT2D eigenvalue weighted by molar-refractivity contribution is 6.04. The maximum absolute atomic E-state index is 15.9. The van der Waals surface area contributed by atoms with Gasteiger partial charge in [0.15, 0.2) is 17.3 Å². The topological polar surface area (TPSA) is 99.1 Å². The molecule has 0 saturated carbocycles. The van der Waals surface area contributed by atoms with Crippen LogP contribution in [0.4, 0.5) is 10.1 Å². The molecule has 2 fully saturated rings. The van der Waals surface area contributed by atoms with Crippen molar-refractivity contribution in [2.45, 2.75) is 25.7 Å². The second-order valence-electron chi connectivity index (χ2n) is 12.6. The quantitative estimate of drug-likeness (QED) is 0.237. The lowest BCUT2D eigenvalue weighted by molar-refractivity contribution is -0.116.